The Hall–Kier alpha value is -1.69. The van der Waals surface area contributed by atoms with Gasteiger partial charge in [-0.15, -0.1) is 0 Å². The van der Waals surface area contributed by atoms with Crippen molar-refractivity contribution in [2.45, 2.75) is 32.7 Å². The molecular weight excluding hydrogens is 256 g/mol. The van der Waals surface area contributed by atoms with Crippen LogP contribution in [0.2, 0.25) is 0 Å². The maximum atomic E-state index is 11.6. The molecule has 2 rings (SSSR count). The fourth-order valence-electron chi connectivity index (χ4n) is 2.66. The van der Waals surface area contributed by atoms with Gasteiger partial charge in [0.2, 0.25) is 5.82 Å². The Bertz CT molecular complexity index is 492. The predicted octanol–water partition coefficient (Wildman–Crippen LogP) is 1.14. The molecule has 0 radical (unpaired) electrons. The normalized spacial score (nSPS) is 22.7. The van der Waals surface area contributed by atoms with Crippen LogP contribution in [0, 0.1) is 12.8 Å². The molecule has 0 aliphatic carbocycles. The number of aryl methyl sites for hydroxylation is 1. The summed E-state index contributed by atoms with van der Waals surface area (Å²) in [6.45, 7) is 5.58. The first kappa shape index (κ1) is 14.7. The molecule has 1 aromatic rings. The topological polar surface area (TPSA) is 81.3 Å². The number of esters is 1. The van der Waals surface area contributed by atoms with Crippen LogP contribution < -0.4 is 10.6 Å². The molecular formula is C14H22N4O2. The summed E-state index contributed by atoms with van der Waals surface area (Å²) < 4.78 is 4.70. The third-order valence-corrected chi connectivity index (χ3v) is 3.75. The SMILES string of the molecule is COC(=O)c1nc(C)cc(N2CCC(C)CC2CN)n1. The van der Waals surface area contributed by atoms with Crippen LogP contribution in [-0.4, -0.2) is 42.2 Å². The second-order valence-electron chi connectivity index (χ2n) is 5.40. The summed E-state index contributed by atoms with van der Waals surface area (Å²) in [5.41, 5.74) is 6.63. The van der Waals surface area contributed by atoms with Gasteiger partial charge in [0.15, 0.2) is 0 Å². The molecule has 0 saturated carbocycles. The van der Waals surface area contributed by atoms with E-state index in [0.717, 1.165) is 30.9 Å². The standard InChI is InChI=1S/C14H22N4O2/c1-9-4-5-18(11(6-9)8-15)12-7-10(2)16-13(17-12)14(19)20-3/h7,9,11H,4-6,8,15H2,1-3H3. The van der Waals surface area contributed by atoms with Crippen LogP contribution in [-0.2, 0) is 4.74 Å². The van der Waals surface area contributed by atoms with Crippen LogP contribution in [0.3, 0.4) is 0 Å². The van der Waals surface area contributed by atoms with Gasteiger partial charge in [-0.2, -0.15) is 0 Å². The number of ether oxygens (including phenoxy) is 1. The van der Waals surface area contributed by atoms with Gasteiger partial charge in [0.05, 0.1) is 7.11 Å². The maximum Gasteiger partial charge on any atom is 0.376 e. The minimum atomic E-state index is -0.510. The Morgan fingerprint density at radius 1 is 1.55 bits per heavy atom. The highest BCUT2D eigenvalue weighted by Gasteiger charge is 2.27. The van der Waals surface area contributed by atoms with E-state index < -0.39 is 5.97 Å². The molecule has 2 unspecified atom stereocenters. The quantitative estimate of drug-likeness (QED) is 0.835. The molecule has 0 bridgehead atoms. The van der Waals surface area contributed by atoms with E-state index in [1.54, 1.807) is 0 Å². The molecule has 0 aromatic carbocycles. The highest BCUT2D eigenvalue weighted by Crippen LogP contribution is 2.26. The average molecular weight is 278 g/mol. The zero-order valence-corrected chi connectivity index (χ0v) is 12.3. The number of nitrogens with two attached hydrogens (primary N) is 1. The van der Waals surface area contributed by atoms with Crippen molar-refractivity contribution in [1.29, 1.82) is 0 Å². The fraction of sp³-hybridized carbons (Fsp3) is 0.643. The first-order chi connectivity index (χ1) is 9.55. The van der Waals surface area contributed by atoms with Crippen LogP contribution in [0.4, 0.5) is 5.82 Å². The second kappa shape index (κ2) is 6.17. The van der Waals surface area contributed by atoms with Gasteiger partial charge < -0.3 is 15.4 Å². The summed E-state index contributed by atoms with van der Waals surface area (Å²) >= 11 is 0. The van der Waals surface area contributed by atoms with Gasteiger partial charge in [0, 0.05) is 30.9 Å². The Labute approximate surface area is 119 Å². The van der Waals surface area contributed by atoms with Crippen molar-refractivity contribution < 1.29 is 9.53 Å². The first-order valence-corrected chi connectivity index (χ1v) is 6.95. The van der Waals surface area contributed by atoms with Gasteiger partial charge in [-0.3, -0.25) is 0 Å². The lowest BCUT2D eigenvalue weighted by Crippen LogP contribution is -2.47. The van der Waals surface area contributed by atoms with E-state index in [0.29, 0.717) is 12.5 Å². The monoisotopic (exact) mass is 278 g/mol. The molecule has 2 N–H and O–H groups in total. The molecule has 2 heterocycles. The highest BCUT2D eigenvalue weighted by atomic mass is 16.5. The number of aromatic nitrogens is 2. The molecule has 2 atom stereocenters. The van der Waals surface area contributed by atoms with Crippen molar-refractivity contribution in [3.63, 3.8) is 0 Å². The minimum Gasteiger partial charge on any atom is -0.463 e. The van der Waals surface area contributed by atoms with E-state index in [1.165, 1.54) is 7.11 Å². The molecule has 1 aromatic heterocycles. The Balaban J connectivity index is 2.31. The van der Waals surface area contributed by atoms with Gasteiger partial charge in [-0.25, -0.2) is 14.8 Å². The van der Waals surface area contributed by atoms with Crippen molar-refractivity contribution >= 4 is 11.8 Å². The third kappa shape index (κ3) is 3.07. The number of methoxy groups -OCH3 is 1. The van der Waals surface area contributed by atoms with Crippen LogP contribution in [0.1, 0.15) is 36.1 Å². The molecule has 1 aliphatic heterocycles. The Morgan fingerprint density at radius 2 is 2.30 bits per heavy atom. The van der Waals surface area contributed by atoms with Crippen molar-refractivity contribution in [2.24, 2.45) is 11.7 Å². The van der Waals surface area contributed by atoms with Crippen LogP contribution >= 0.6 is 0 Å². The number of carbonyl (C=O) groups excluding carboxylic acids is 1. The van der Waals surface area contributed by atoms with E-state index in [1.807, 2.05) is 13.0 Å². The number of piperidine rings is 1. The van der Waals surface area contributed by atoms with E-state index >= 15 is 0 Å². The molecule has 0 amide bonds. The minimum absolute atomic E-state index is 0.108. The van der Waals surface area contributed by atoms with E-state index in [9.17, 15) is 4.79 Å². The lowest BCUT2D eigenvalue weighted by molar-refractivity contribution is 0.0586. The highest BCUT2D eigenvalue weighted by molar-refractivity contribution is 5.85. The first-order valence-electron chi connectivity index (χ1n) is 6.95. The molecule has 1 aliphatic rings. The Morgan fingerprint density at radius 3 is 2.95 bits per heavy atom. The van der Waals surface area contributed by atoms with E-state index in [2.05, 4.69) is 21.8 Å². The van der Waals surface area contributed by atoms with Crippen molar-refractivity contribution in [1.82, 2.24) is 9.97 Å². The van der Waals surface area contributed by atoms with Crippen LogP contribution in [0.15, 0.2) is 6.07 Å². The van der Waals surface area contributed by atoms with Gasteiger partial charge in [-0.05, 0) is 25.7 Å². The van der Waals surface area contributed by atoms with Gasteiger partial charge in [0.1, 0.15) is 5.82 Å². The molecule has 6 nitrogen and oxygen atoms in total. The number of hydrogen-bond acceptors (Lipinski definition) is 6. The molecule has 1 fully saturated rings. The number of nitrogens with zero attached hydrogens (tertiary/aromatic N) is 3. The second-order valence-corrected chi connectivity index (χ2v) is 5.40. The smallest absolute Gasteiger partial charge is 0.376 e. The third-order valence-electron chi connectivity index (χ3n) is 3.75. The lowest BCUT2D eigenvalue weighted by atomic mass is 9.92. The van der Waals surface area contributed by atoms with Gasteiger partial charge in [0.25, 0.3) is 0 Å². The average Bonchev–Trinajstić information content (AvgIpc) is 2.45. The summed E-state index contributed by atoms with van der Waals surface area (Å²) in [5.74, 6) is 1.03. The van der Waals surface area contributed by atoms with Gasteiger partial charge >= 0.3 is 5.97 Å². The summed E-state index contributed by atoms with van der Waals surface area (Å²) in [7, 11) is 1.33. The number of anilines is 1. The van der Waals surface area contributed by atoms with Crippen molar-refractivity contribution in [2.75, 3.05) is 25.1 Å². The molecule has 20 heavy (non-hydrogen) atoms. The predicted molar refractivity (Wildman–Crippen MR) is 76.7 cm³/mol. The van der Waals surface area contributed by atoms with Crippen LogP contribution in [0.25, 0.3) is 0 Å². The molecule has 1 saturated heterocycles. The number of carbonyl (C=O) groups is 1. The number of rotatable bonds is 3. The molecule has 110 valence electrons. The molecule has 0 spiro atoms. The Kier molecular flexibility index (Phi) is 4.54. The molecule has 6 heteroatoms. The number of hydrogen-bond donors (Lipinski definition) is 1. The summed E-state index contributed by atoms with van der Waals surface area (Å²) in [4.78, 5) is 22.3. The van der Waals surface area contributed by atoms with Gasteiger partial charge in [-0.1, -0.05) is 6.92 Å². The fourth-order valence-corrected chi connectivity index (χ4v) is 2.66. The zero-order valence-electron chi connectivity index (χ0n) is 12.3. The summed E-state index contributed by atoms with van der Waals surface area (Å²) in [6, 6.07) is 2.16. The van der Waals surface area contributed by atoms with E-state index in [-0.39, 0.29) is 11.9 Å². The van der Waals surface area contributed by atoms with Crippen molar-refractivity contribution in [3.05, 3.63) is 17.6 Å². The van der Waals surface area contributed by atoms with E-state index in [4.69, 9.17) is 10.5 Å². The summed E-state index contributed by atoms with van der Waals surface area (Å²) in [5, 5.41) is 0. The maximum absolute atomic E-state index is 11.6. The summed E-state index contributed by atoms with van der Waals surface area (Å²) in [6.07, 6.45) is 2.15. The zero-order chi connectivity index (χ0) is 14.7. The van der Waals surface area contributed by atoms with Crippen molar-refractivity contribution in [3.8, 4) is 0 Å². The van der Waals surface area contributed by atoms with Crippen LogP contribution in [0.5, 0.6) is 0 Å². The lowest BCUT2D eigenvalue weighted by Gasteiger charge is -2.38. The largest absolute Gasteiger partial charge is 0.463 e.